The van der Waals surface area contributed by atoms with Crippen molar-refractivity contribution in [1.29, 1.82) is 0 Å². The zero-order chi connectivity index (χ0) is 17.5. The number of hydrogen-bond donors (Lipinski definition) is 1. The van der Waals surface area contributed by atoms with Crippen molar-refractivity contribution in [1.82, 2.24) is 9.97 Å². The molecule has 1 N–H and O–H groups in total. The molecular weight excluding hydrogens is 298 g/mol. The topological polar surface area (TPSA) is 44.3 Å². The molecule has 0 saturated carbocycles. The van der Waals surface area contributed by atoms with Gasteiger partial charge in [-0.05, 0) is 58.9 Å². The molecule has 0 bridgehead atoms. The van der Waals surface area contributed by atoms with Crippen molar-refractivity contribution in [2.24, 2.45) is 0 Å². The fourth-order valence-electron chi connectivity index (χ4n) is 2.76. The Morgan fingerprint density at radius 2 is 1.42 bits per heavy atom. The van der Waals surface area contributed by atoms with E-state index in [4.69, 9.17) is 0 Å². The summed E-state index contributed by atoms with van der Waals surface area (Å²) in [6.07, 6.45) is 0. The fourth-order valence-corrected chi connectivity index (χ4v) is 2.76. The molecule has 1 heterocycles. The number of rotatable bonds is 8. The maximum absolute atomic E-state index is 4.65. The zero-order valence-electron chi connectivity index (χ0n) is 15.5. The molecule has 2 rings (SSSR count). The first-order valence-corrected chi connectivity index (χ1v) is 8.83. The largest absolute Gasteiger partial charge is 0.372 e. The van der Waals surface area contributed by atoms with Crippen LogP contribution in [0.4, 0.5) is 23.1 Å². The number of nitrogens with zero attached hydrogens (tertiary/aromatic N) is 4. The molecule has 24 heavy (non-hydrogen) atoms. The first kappa shape index (κ1) is 18.0. The third-order valence-electron chi connectivity index (χ3n) is 4.16. The van der Waals surface area contributed by atoms with Crippen molar-refractivity contribution in [3.63, 3.8) is 0 Å². The molecule has 1 aromatic carbocycles. The Labute approximate surface area is 145 Å². The van der Waals surface area contributed by atoms with Gasteiger partial charge in [0.25, 0.3) is 0 Å². The highest BCUT2D eigenvalue weighted by atomic mass is 15.3. The Morgan fingerprint density at radius 3 is 1.96 bits per heavy atom. The van der Waals surface area contributed by atoms with Gasteiger partial charge in [0.1, 0.15) is 5.82 Å². The van der Waals surface area contributed by atoms with Gasteiger partial charge in [-0.1, -0.05) is 0 Å². The summed E-state index contributed by atoms with van der Waals surface area (Å²) in [6.45, 7) is 14.4. The third-order valence-corrected chi connectivity index (χ3v) is 4.16. The molecule has 5 heteroatoms. The normalized spacial score (nSPS) is 10.5. The highest BCUT2D eigenvalue weighted by molar-refractivity contribution is 5.61. The van der Waals surface area contributed by atoms with Crippen molar-refractivity contribution >= 4 is 23.1 Å². The van der Waals surface area contributed by atoms with E-state index in [0.717, 1.165) is 49.3 Å². The van der Waals surface area contributed by atoms with Crippen LogP contribution in [0.1, 0.15) is 33.4 Å². The molecule has 0 fully saturated rings. The molecule has 0 aliphatic heterocycles. The standard InChI is InChI=1S/C19H29N5/c1-6-23(7-2)17-12-10-16(11-13-17)21-18-14-15(5)20-19(22-18)24(8-3)9-4/h10-14H,6-9H2,1-5H3,(H,20,21,22). The predicted molar refractivity (Wildman–Crippen MR) is 104 cm³/mol. The Balaban J connectivity index is 2.18. The van der Waals surface area contributed by atoms with Crippen LogP contribution in [-0.2, 0) is 0 Å². The minimum absolute atomic E-state index is 0.780. The van der Waals surface area contributed by atoms with Gasteiger partial charge in [0.2, 0.25) is 5.95 Å². The molecular formula is C19H29N5. The molecule has 0 amide bonds. The number of aryl methyl sites for hydroxylation is 1. The van der Waals surface area contributed by atoms with Crippen LogP contribution in [0.2, 0.25) is 0 Å². The van der Waals surface area contributed by atoms with Crippen molar-refractivity contribution in [3.05, 3.63) is 36.0 Å². The minimum Gasteiger partial charge on any atom is -0.372 e. The Morgan fingerprint density at radius 1 is 0.833 bits per heavy atom. The summed E-state index contributed by atoms with van der Waals surface area (Å²) in [5, 5.41) is 3.39. The second-order valence-electron chi connectivity index (χ2n) is 5.71. The van der Waals surface area contributed by atoms with Crippen LogP contribution in [0, 0.1) is 6.92 Å². The molecule has 130 valence electrons. The SMILES string of the molecule is CCN(CC)c1ccc(Nc2cc(C)nc(N(CC)CC)n2)cc1. The van der Waals surface area contributed by atoms with E-state index in [9.17, 15) is 0 Å². The lowest BCUT2D eigenvalue weighted by atomic mass is 10.2. The minimum atomic E-state index is 0.780. The van der Waals surface area contributed by atoms with E-state index in [2.05, 4.69) is 77.0 Å². The van der Waals surface area contributed by atoms with Crippen LogP contribution in [0.15, 0.2) is 30.3 Å². The van der Waals surface area contributed by atoms with Gasteiger partial charge < -0.3 is 15.1 Å². The smallest absolute Gasteiger partial charge is 0.227 e. The van der Waals surface area contributed by atoms with E-state index >= 15 is 0 Å². The summed E-state index contributed by atoms with van der Waals surface area (Å²) in [7, 11) is 0. The van der Waals surface area contributed by atoms with E-state index in [1.165, 1.54) is 5.69 Å². The van der Waals surface area contributed by atoms with Crippen molar-refractivity contribution in [2.75, 3.05) is 41.3 Å². The van der Waals surface area contributed by atoms with Crippen LogP contribution in [0.25, 0.3) is 0 Å². The molecule has 0 atom stereocenters. The van der Waals surface area contributed by atoms with Gasteiger partial charge in [0, 0.05) is 49.3 Å². The Hall–Kier alpha value is -2.30. The molecule has 0 radical (unpaired) electrons. The Bertz CT molecular complexity index is 631. The first-order valence-electron chi connectivity index (χ1n) is 8.83. The number of benzene rings is 1. The second-order valence-corrected chi connectivity index (χ2v) is 5.71. The van der Waals surface area contributed by atoms with Crippen LogP contribution < -0.4 is 15.1 Å². The second kappa shape index (κ2) is 8.52. The average Bonchev–Trinajstić information content (AvgIpc) is 2.58. The van der Waals surface area contributed by atoms with E-state index in [0.29, 0.717) is 0 Å². The molecule has 0 unspecified atom stereocenters. The van der Waals surface area contributed by atoms with Crippen molar-refractivity contribution < 1.29 is 0 Å². The summed E-state index contributed by atoms with van der Waals surface area (Å²) < 4.78 is 0. The number of aromatic nitrogens is 2. The highest BCUT2D eigenvalue weighted by Gasteiger charge is 2.08. The summed E-state index contributed by atoms with van der Waals surface area (Å²) >= 11 is 0. The maximum atomic E-state index is 4.65. The third kappa shape index (κ3) is 4.37. The average molecular weight is 327 g/mol. The molecule has 5 nitrogen and oxygen atoms in total. The first-order chi connectivity index (χ1) is 11.6. The molecule has 0 saturated heterocycles. The van der Waals surface area contributed by atoms with E-state index in [1.54, 1.807) is 0 Å². The van der Waals surface area contributed by atoms with Crippen LogP contribution in [0.3, 0.4) is 0 Å². The summed E-state index contributed by atoms with van der Waals surface area (Å²) in [6, 6.07) is 10.5. The number of nitrogens with one attached hydrogen (secondary N) is 1. The van der Waals surface area contributed by atoms with Crippen LogP contribution in [0.5, 0.6) is 0 Å². The van der Waals surface area contributed by atoms with E-state index < -0.39 is 0 Å². The molecule has 0 aliphatic carbocycles. The summed E-state index contributed by atoms with van der Waals surface area (Å²) in [4.78, 5) is 13.7. The van der Waals surface area contributed by atoms with Gasteiger partial charge in [0.15, 0.2) is 0 Å². The van der Waals surface area contributed by atoms with Crippen molar-refractivity contribution in [2.45, 2.75) is 34.6 Å². The van der Waals surface area contributed by atoms with E-state index in [-0.39, 0.29) is 0 Å². The van der Waals surface area contributed by atoms with Gasteiger partial charge in [0.05, 0.1) is 0 Å². The van der Waals surface area contributed by atoms with Gasteiger partial charge in [-0.15, -0.1) is 0 Å². The summed E-state index contributed by atoms with van der Waals surface area (Å²) in [5.41, 5.74) is 3.25. The Kier molecular flexibility index (Phi) is 6.41. The van der Waals surface area contributed by atoms with Crippen LogP contribution in [-0.4, -0.2) is 36.1 Å². The van der Waals surface area contributed by atoms with Crippen LogP contribution >= 0.6 is 0 Å². The zero-order valence-corrected chi connectivity index (χ0v) is 15.5. The maximum Gasteiger partial charge on any atom is 0.227 e. The lowest BCUT2D eigenvalue weighted by Crippen LogP contribution is -2.24. The van der Waals surface area contributed by atoms with E-state index in [1.807, 2.05) is 13.0 Å². The van der Waals surface area contributed by atoms with Gasteiger partial charge in [-0.3, -0.25) is 0 Å². The highest BCUT2D eigenvalue weighted by Crippen LogP contribution is 2.22. The fraction of sp³-hybridized carbons (Fsp3) is 0.474. The van der Waals surface area contributed by atoms with Gasteiger partial charge in [-0.2, -0.15) is 4.98 Å². The van der Waals surface area contributed by atoms with Gasteiger partial charge in [-0.25, -0.2) is 4.98 Å². The summed E-state index contributed by atoms with van der Waals surface area (Å²) in [5.74, 6) is 1.61. The van der Waals surface area contributed by atoms with Gasteiger partial charge >= 0.3 is 0 Å². The molecule has 0 spiro atoms. The molecule has 1 aromatic heterocycles. The molecule has 2 aromatic rings. The number of anilines is 4. The predicted octanol–water partition coefficient (Wildman–Crippen LogP) is 4.22. The van der Waals surface area contributed by atoms with Crippen molar-refractivity contribution in [3.8, 4) is 0 Å². The lowest BCUT2D eigenvalue weighted by Gasteiger charge is -2.21. The quantitative estimate of drug-likeness (QED) is 0.786. The monoisotopic (exact) mass is 327 g/mol. The number of hydrogen-bond acceptors (Lipinski definition) is 5. The lowest BCUT2D eigenvalue weighted by molar-refractivity contribution is 0.817. The molecule has 0 aliphatic rings.